The summed E-state index contributed by atoms with van der Waals surface area (Å²) < 4.78 is 46.0. The van der Waals surface area contributed by atoms with Gasteiger partial charge in [-0.25, -0.2) is 0 Å². The van der Waals surface area contributed by atoms with Crippen LogP contribution in [0.25, 0.3) is 32.8 Å². The van der Waals surface area contributed by atoms with Gasteiger partial charge in [0.15, 0.2) is 0 Å². The number of hydrogen-bond donors (Lipinski definition) is 0. The van der Waals surface area contributed by atoms with E-state index in [2.05, 4.69) is 17.1 Å². The molecule has 0 atom stereocenters. The van der Waals surface area contributed by atoms with Crippen molar-refractivity contribution in [1.82, 2.24) is 4.98 Å². The Balaban J connectivity index is 1.89. The molecule has 1 aromatic heterocycles. The van der Waals surface area contributed by atoms with E-state index >= 15 is 0 Å². The van der Waals surface area contributed by atoms with Crippen LogP contribution < -0.4 is 0 Å². The minimum Gasteiger partial charge on any atom is -0.256 e. The van der Waals surface area contributed by atoms with E-state index in [1.54, 1.807) is 0 Å². The summed E-state index contributed by atoms with van der Waals surface area (Å²) in [5.74, 6) is 0. The normalized spacial score (nSPS) is 16.4. The fourth-order valence-corrected chi connectivity index (χ4v) is 2.79. The van der Waals surface area contributed by atoms with Crippen LogP contribution in [0.1, 0.15) is 19.4 Å². The van der Waals surface area contributed by atoms with Gasteiger partial charge in [-0.15, -0.1) is 0 Å². The number of benzene rings is 3. The molecule has 1 heterocycles. The first-order valence-corrected chi connectivity index (χ1v) is 7.07. The van der Waals surface area contributed by atoms with Crippen molar-refractivity contribution in [1.29, 1.82) is 0 Å². The number of fused-ring (bicyclic) bond motifs is 3. The molecule has 1 heteroatoms. The highest BCUT2D eigenvalue weighted by molar-refractivity contribution is 6.08. The van der Waals surface area contributed by atoms with Crippen LogP contribution in [-0.2, 0) is 0 Å². The van der Waals surface area contributed by atoms with Gasteiger partial charge < -0.3 is 0 Å². The zero-order chi connectivity index (χ0) is 20.1. The molecule has 0 N–H and O–H groups in total. The zero-order valence-electron chi connectivity index (χ0n) is 17.8. The van der Waals surface area contributed by atoms with Crippen molar-refractivity contribution >= 4 is 21.5 Å². The summed E-state index contributed by atoms with van der Waals surface area (Å²) in [4.78, 5) is 4.25. The molecule has 0 aliphatic heterocycles. The standard InChI is InChI=1S/C21H17N/c1-14-11-21(22-13-15(14)2)18-9-10-20-17(12-18)8-7-16-5-3-4-6-19(16)20/h3-13H,1-2H3/i1D3,2D3. The predicted molar refractivity (Wildman–Crippen MR) is 94.2 cm³/mol. The van der Waals surface area contributed by atoms with Crippen molar-refractivity contribution in [3.05, 3.63) is 78.0 Å². The second-order valence-corrected chi connectivity index (χ2v) is 5.34. The summed E-state index contributed by atoms with van der Waals surface area (Å²) in [6, 6.07) is 19.4. The summed E-state index contributed by atoms with van der Waals surface area (Å²) in [6.45, 7) is -5.06. The van der Waals surface area contributed by atoms with Crippen LogP contribution in [0.4, 0.5) is 0 Å². The number of rotatable bonds is 1. The van der Waals surface area contributed by atoms with E-state index in [4.69, 9.17) is 8.22 Å². The quantitative estimate of drug-likeness (QED) is 0.411. The molecule has 22 heavy (non-hydrogen) atoms. The minimum atomic E-state index is -2.53. The number of aromatic nitrogens is 1. The Kier molecular flexibility index (Phi) is 1.82. The molecule has 0 aliphatic rings. The van der Waals surface area contributed by atoms with Crippen molar-refractivity contribution in [2.45, 2.75) is 13.7 Å². The number of aryl methyl sites for hydroxylation is 2. The lowest BCUT2D eigenvalue weighted by atomic mass is 9.98. The molecule has 0 amide bonds. The first-order valence-electron chi connectivity index (χ1n) is 10.1. The van der Waals surface area contributed by atoms with Crippen LogP contribution in [0.2, 0.25) is 0 Å². The van der Waals surface area contributed by atoms with E-state index in [-0.39, 0.29) is 11.1 Å². The summed E-state index contributed by atoms with van der Waals surface area (Å²) in [5.41, 5.74) is 0.763. The van der Waals surface area contributed by atoms with Gasteiger partial charge in [0, 0.05) is 20.0 Å². The van der Waals surface area contributed by atoms with Gasteiger partial charge in [0.2, 0.25) is 0 Å². The maximum Gasteiger partial charge on any atom is 0.0705 e. The zero-order valence-corrected chi connectivity index (χ0v) is 11.8. The van der Waals surface area contributed by atoms with Crippen molar-refractivity contribution in [2.24, 2.45) is 0 Å². The van der Waals surface area contributed by atoms with Gasteiger partial charge in [0.05, 0.1) is 5.69 Å². The average molecular weight is 289 g/mol. The first kappa shape index (κ1) is 8.09. The molecule has 106 valence electrons. The third-order valence-corrected chi connectivity index (χ3v) is 3.94. The van der Waals surface area contributed by atoms with Gasteiger partial charge >= 0.3 is 0 Å². The van der Waals surface area contributed by atoms with Gasteiger partial charge in [-0.2, -0.15) is 0 Å². The lowest BCUT2D eigenvalue weighted by molar-refractivity contribution is 1.22. The molecule has 0 spiro atoms. The van der Waals surface area contributed by atoms with Crippen molar-refractivity contribution in [3.63, 3.8) is 0 Å². The van der Waals surface area contributed by atoms with Gasteiger partial charge in [-0.05, 0) is 58.5 Å². The second kappa shape index (κ2) is 4.96. The molecule has 0 saturated heterocycles. The molecule has 0 bridgehead atoms. The molecule has 0 radical (unpaired) electrons. The van der Waals surface area contributed by atoms with E-state index in [1.165, 1.54) is 6.07 Å². The molecule has 0 unspecified atom stereocenters. The first-order chi connectivity index (χ1) is 13.1. The molecule has 0 saturated carbocycles. The van der Waals surface area contributed by atoms with Crippen molar-refractivity contribution < 1.29 is 8.22 Å². The highest BCUT2D eigenvalue weighted by Crippen LogP contribution is 2.29. The number of pyridine rings is 1. The minimum absolute atomic E-state index is 0.184. The van der Waals surface area contributed by atoms with Crippen LogP contribution in [0.15, 0.2) is 66.9 Å². The highest BCUT2D eigenvalue weighted by Gasteiger charge is 2.05. The fourth-order valence-electron chi connectivity index (χ4n) is 2.79. The van der Waals surface area contributed by atoms with Gasteiger partial charge in [0.25, 0.3) is 0 Å². The largest absolute Gasteiger partial charge is 0.256 e. The van der Waals surface area contributed by atoms with Crippen molar-refractivity contribution in [3.8, 4) is 11.3 Å². The Morgan fingerprint density at radius 3 is 2.50 bits per heavy atom. The Morgan fingerprint density at radius 1 is 0.773 bits per heavy atom. The van der Waals surface area contributed by atoms with E-state index in [0.29, 0.717) is 5.69 Å². The summed E-state index contributed by atoms with van der Waals surface area (Å²) in [5, 5.41) is 4.39. The molecule has 0 aliphatic carbocycles. The molecular weight excluding hydrogens is 266 g/mol. The predicted octanol–water partition coefficient (Wildman–Crippen LogP) is 5.67. The van der Waals surface area contributed by atoms with Crippen LogP contribution in [0, 0.1) is 13.7 Å². The fraction of sp³-hybridized carbons (Fsp3) is 0.0952. The maximum atomic E-state index is 7.73. The van der Waals surface area contributed by atoms with E-state index in [0.717, 1.165) is 33.3 Å². The Bertz CT molecular complexity index is 1190. The molecule has 3 aromatic carbocycles. The van der Waals surface area contributed by atoms with Gasteiger partial charge in [0.1, 0.15) is 0 Å². The highest BCUT2D eigenvalue weighted by atomic mass is 14.7. The Labute approximate surface area is 138 Å². The van der Waals surface area contributed by atoms with E-state index < -0.39 is 13.7 Å². The van der Waals surface area contributed by atoms with Crippen molar-refractivity contribution in [2.75, 3.05) is 0 Å². The molecule has 4 rings (SSSR count). The summed E-state index contributed by atoms with van der Waals surface area (Å²) >= 11 is 0. The molecular formula is C21H17N. The third-order valence-electron chi connectivity index (χ3n) is 3.94. The monoisotopic (exact) mass is 289 g/mol. The topological polar surface area (TPSA) is 12.9 Å². The Morgan fingerprint density at radius 2 is 1.59 bits per heavy atom. The van der Waals surface area contributed by atoms with E-state index in [9.17, 15) is 0 Å². The Hall–Kier alpha value is -2.67. The lowest BCUT2D eigenvalue weighted by Crippen LogP contribution is -1.88. The third kappa shape index (κ3) is 2.06. The van der Waals surface area contributed by atoms with Gasteiger partial charge in [-0.3, -0.25) is 4.98 Å². The molecule has 1 nitrogen and oxygen atoms in total. The molecule has 0 fully saturated rings. The average Bonchev–Trinajstić information content (AvgIpc) is 2.65. The van der Waals surface area contributed by atoms with Crippen LogP contribution in [0.3, 0.4) is 0 Å². The SMILES string of the molecule is [2H]C([2H])([2H])c1cnc(-c2ccc3c(ccc4ccccc43)c2)cc1C([2H])([2H])[2H]. The smallest absolute Gasteiger partial charge is 0.0705 e. The summed E-state index contributed by atoms with van der Waals surface area (Å²) in [6.07, 6.45) is 1.16. The van der Waals surface area contributed by atoms with Gasteiger partial charge in [-0.1, -0.05) is 48.5 Å². The van der Waals surface area contributed by atoms with Crippen LogP contribution >= 0.6 is 0 Å². The maximum absolute atomic E-state index is 7.73. The number of hydrogen-bond acceptors (Lipinski definition) is 1. The molecule has 4 aromatic rings. The van der Waals surface area contributed by atoms with Crippen LogP contribution in [0.5, 0.6) is 0 Å². The second-order valence-electron chi connectivity index (χ2n) is 5.34. The summed E-state index contributed by atoms with van der Waals surface area (Å²) in [7, 11) is 0. The van der Waals surface area contributed by atoms with E-state index in [1.807, 2.05) is 42.5 Å². The number of nitrogens with zero attached hydrogens (tertiary/aromatic N) is 1. The van der Waals surface area contributed by atoms with Crippen LogP contribution in [-0.4, -0.2) is 4.98 Å². The lowest BCUT2D eigenvalue weighted by Gasteiger charge is -2.08.